The van der Waals surface area contributed by atoms with E-state index in [-0.39, 0.29) is 23.3 Å². The second-order valence-corrected chi connectivity index (χ2v) is 6.14. The Labute approximate surface area is 150 Å². The third kappa shape index (κ3) is 4.08. The molecule has 1 aliphatic rings. The molecule has 26 heavy (non-hydrogen) atoms. The number of hydrogen-bond acceptors (Lipinski definition) is 5. The average molecular weight is 360 g/mol. The Bertz CT molecular complexity index is 775. The third-order valence-electron chi connectivity index (χ3n) is 4.19. The molecule has 1 aliphatic heterocycles. The van der Waals surface area contributed by atoms with Crippen LogP contribution in [0.25, 0.3) is 0 Å². The molecule has 8 heteroatoms. The van der Waals surface area contributed by atoms with Crippen LogP contribution in [-0.4, -0.2) is 47.5 Å². The molecule has 1 saturated heterocycles. The Morgan fingerprint density at radius 2 is 2.15 bits per heavy atom. The van der Waals surface area contributed by atoms with E-state index >= 15 is 0 Å². The summed E-state index contributed by atoms with van der Waals surface area (Å²) in [5, 5.41) is 9.67. The van der Waals surface area contributed by atoms with Crippen LogP contribution in [0.15, 0.2) is 34.9 Å². The van der Waals surface area contributed by atoms with Crippen LogP contribution in [0, 0.1) is 5.82 Å². The topological polar surface area (TPSA) is 87.5 Å². The molecule has 1 unspecified atom stereocenters. The second-order valence-electron chi connectivity index (χ2n) is 6.14. The number of halogens is 1. The van der Waals surface area contributed by atoms with Crippen molar-refractivity contribution in [2.24, 2.45) is 0 Å². The number of carbonyl (C=O) groups excluding carboxylic acids is 2. The van der Waals surface area contributed by atoms with Gasteiger partial charge in [0.25, 0.3) is 5.91 Å². The van der Waals surface area contributed by atoms with Crippen molar-refractivity contribution in [3.63, 3.8) is 0 Å². The first-order chi connectivity index (χ1) is 12.6. The van der Waals surface area contributed by atoms with Crippen LogP contribution in [0.4, 0.5) is 10.1 Å². The predicted molar refractivity (Wildman–Crippen MR) is 93.2 cm³/mol. The number of benzene rings is 1. The smallest absolute Gasteiger partial charge is 0.276 e. The van der Waals surface area contributed by atoms with Gasteiger partial charge in [-0.3, -0.25) is 9.59 Å². The van der Waals surface area contributed by atoms with Gasteiger partial charge in [0.05, 0.1) is 0 Å². The lowest BCUT2D eigenvalue weighted by molar-refractivity contribution is -0.121. The highest BCUT2D eigenvalue weighted by molar-refractivity contribution is 6.00. The third-order valence-corrected chi connectivity index (χ3v) is 4.19. The van der Waals surface area contributed by atoms with Crippen molar-refractivity contribution in [2.45, 2.75) is 25.8 Å². The van der Waals surface area contributed by atoms with Gasteiger partial charge in [-0.2, -0.15) is 0 Å². The number of amides is 2. The molecule has 2 aromatic rings. The van der Waals surface area contributed by atoms with Gasteiger partial charge in [-0.1, -0.05) is 12.1 Å². The lowest BCUT2D eigenvalue weighted by Crippen LogP contribution is -2.58. The van der Waals surface area contributed by atoms with Crippen LogP contribution < -0.4 is 10.6 Å². The maximum absolute atomic E-state index is 13.0. The van der Waals surface area contributed by atoms with E-state index in [0.717, 1.165) is 6.42 Å². The minimum atomic E-state index is -0.687. The van der Waals surface area contributed by atoms with Gasteiger partial charge in [0.2, 0.25) is 5.91 Å². The van der Waals surface area contributed by atoms with E-state index in [1.54, 1.807) is 6.07 Å². The Morgan fingerprint density at radius 1 is 1.38 bits per heavy atom. The lowest BCUT2D eigenvalue weighted by atomic mass is 10.1. The lowest BCUT2D eigenvalue weighted by Gasteiger charge is -2.34. The summed E-state index contributed by atoms with van der Waals surface area (Å²) in [4.78, 5) is 26.9. The molecule has 2 amide bonds. The SMILES string of the molecule is CCCc1cc(C(=O)N2CCNCC2C(=O)Nc2ccc(F)cc2)no1. The van der Waals surface area contributed by atoms with Crippen molar-refractivity contribution in [1.82, 2.24) is 15.4 Å². The number of aromatic nitrogens is 1. The molecular formula is C18H21FN4O3. The molecule has 2 heterocycles. The fourth-order valence-electron chi connectivity index (χ4n) is 2.87. The van der Waals surface area contributed by atoms with Gasteiger partial charge in [-0.25, -0.2) is 4.39 Å². The normalized spacial score (nSPS) is 17.2. The quantitative estimate of drug-likeness (QED) is 0.849. The number of carbonyl (C=O) groups is 2. The molecule has 1 fully saturated rings. The maximum Gasteiger partial charge on any atom is 0.276 e. The second kappa shape index (κ2) is 8.09. The fourth-order valence-corrected chi connectivity index (χ4v) is 2.87. The molecule has 1 atom stereocenters. The molecule has 0 saturated carbocycles. The van der Waals surface area contributed by atoms with Crippen LogP contribution >= 0.6 is 0 Å². The van der Waals surface area contributed by atoms with Crippen molar-refractivity contribution in [3.8, 4) is 0 Å². The first-order valence-electron chi connectivity index (χ1n) is 8.62. The average Bonchev–Trinajstić information content (AvgIpc) is 3.12. The summed E-state index contributed by atoms with van der Waals surface area (Å²) in [5.41, 5.74) is 0.677. The van der Waals surface area contributed by atoms with Gasteiger partial charge >= 0.3 is 0 Å². The summed E-state index contributed by atoms with van der Waals surface area (Å²) in [7, 11) is 0. The molecule has 0 aliphatic carbocycles. The van der Waals surface area contributed by atoms with Crippen LogP contribution in [0.1, 0.15) is 29.6 Å². The zero-order valence-electron chi connectivity index (χ0n) is 14.5. The van der Waals surface area contributed by atoms with Crippen LogP contribution in [0.3, 0.4) is 0 Å². The van der Waals surface area contributed by atoms with Gasteiger partial charge in [0.15, 0.2) is 5.69 Å². The van der Waals surface area contributed by atoms with E-state index in [2.05, 4.69) is 15.8 Å². The minimum absolute atomic E-state index is 0.204. The van der Waals surface area contributed by atoms with Gasteiger partial charge < -0.3 is 20.1 Å². The van der Waals surface area contributed by atoms with E-state index in [1.807, 2.05) is 6.92 Å². The molecule has 1 aromatic heterocycles. The first-order valence-corrected chi connectivity index (χ1v) is 8.62. The number of nitrogens with one attached hydrogen (secondary N) is 2. The Balaban J connectivity index is 1.72. The van der Waals surface area contributed by atoms with Crippen LogP contribution in [-0.2, 0) is 11.2 Å². The Morgan fingerprint density at radius 3 is 2.88 bits per heavy atom. The monoisotopic (exact) mass is 360 g/mol. The van der Waals surface area contributed by atoms with Crippen molar-refractivity contribution in [2.75, 3.05) is 25.0 Å². The molecule has 7 nitrogen and oxygen atoms in total. The highest BCUT2D eigenvalue weighted by Gasteiger charge is 2.34. The minimum Gasteiger partial charge on any atom is -0.361 e. The molecule has 1 aromatic carbocycles. The van der Waals surface area contributed by atoms with E-state index < -0.39 is 6.04 Å². The predicted octanol–water partition coefficient (Wildman–Crippen LogP) is 1.82. The van der Waals surface area contributed by atoms with Crippen molar-refractivity contribution in [1.29, 1.82) is 0 Å². The summed E-state index contributed by atoms with van der Waals surface area (Å²) < 4.78 is 18.2. The van der Waals surface area contributed by atoms with E-state index in [4.69, 9.17) is 4.52 Å². The largest absolute Gasteiger partial charge is 0.361 e. The summed E-state index contributed by atoms with van der Waals surface area (Å²) in [6, 6.07) is 6.43. The number of anilines is 1. The highest BCUT2D eigenvalue weighted by atomic mass is 19.1. The van der Waals surface area contributed by atoms with Crippen molar-refractivity contribution < 1.29 is 18.5 Å². The molecular weight excluding hydrogens is 339 g/mol. The molecule has 0 radical (unpaired) electrons. The highest BCUT2D eigenvalue weighted by Crippen LogP contribution is 2.15. The zero-order chi connectivity index (χ0) is 18.5. The molecule has 3 rings (SSSR count). The van der Waals surface area contributed by atoms with E-state index in [0.29, 0.717) is 37.5 Å². The number of piperazine rings is 1. The number of rotatable bonds is 5. The van der Waals surface area contributed by atoms with Crippen molar-refractivity contribution >= 4 is 17.5 Å². The number of nitrogens with zero attached hydrogens (tertiary/aromatic N) is 2. The molecule has 0 bridgehead atoms. The van der Waals surface area contributed by atoms with Crippen molar-refractivity contribution in [3.05, 3.63) is 47.6 Å². The van der Waals surface area contributed by atoms with Crippen LogP contribution in [0.2, 0.25) is 0 Å². The molecule has 138 valence electrons. The molecule has 0 spiro atoms. The van der Waals surface area contributed by atoms with Gasteiger partial charge in [0.1, 0.15) is 17.6 Å². The zero-order valence-corrected chi connectivity index (χ0v) is 14.5. The Hall–Kier alpha value is -2.74. The standard InChI is InChI=1S/C18H21FN4O3/c1-2-3-14-10-15(22-26-14)18(25)23-9-8-20-11-16(23)17(24)21-13-6-4-12(19)5-7-13/h4-7,10,16,20H,2-3,8-9,11H2,1H3,(H,21,24). The Kier molecular flexibility index (Phi) is 5.62. The summed E-state index contributed by atoms with van der Waals surface area (Å²) in [6.45, 7) is 3.32. The summed E-state index contributed by atoms with van der Waals surface area (Å²) in [6.07, 6.45) is 1.59. The number of aryl methyl sites for hydroxylation is 1. The summed E-state index contributed by atoms with van der Waals surface area (Å²) in [5.74, 6) is -0.405. The van der Waals surface area contributed by atoms with Gasteiger partial charge in [-0.15, -0.1) is 0 Å². The van der Waals surface area contributed by atoms with Crippen LogP contribution in [0.5, 0.6) is 0 Å². The first kappa shape index (κ1) is 18.1. The molecule has 2 N–H and O–H groups in total. The van der Waals surface area contributed by atoms with Gasteiger partial charge in [-0.05, 0) is 30.7 Å². The fraction of sp³-hybridized carbons (Fsp3) is 0.389. The maximum atomic E-state index is 13.0. The van der Waals surface area contributed by atoms with E-state index in [1.165, 1.54) is 29.2 Å². The number of hydrogen-bond donors (Lipinski definition) is 2. The van der Waals surface area contributed by atoms with Gasteiger partial charge in [0, 0.05) is 37.8 Å². The van der Waals surface area contributed by atoms with E-state index in [9.17, 15) is 14.0 Å². The summed E-state index contributed by atoms with van der Waals surface area (Å²) >= 11 is 0.